The fourth-order valence-electron chi connectivity index (χ4n) is 0.466. The van der Waals surface area contributed by atoms with E-state index in [1.807, 2.05) is 13.8 Å². The molecular formula is C6H12O3. The average molecular weight is 132 g/mol. The predicted molar refractivity (Wildman–Crippen MR) is 32.8 cm³/mol. The van der Waals surface area contributed by atoms with Crippen LogP contribution in [-0.4, -0.2) is 11.2 Å². The molecule has 0 aliphatic carbocycles. The molecule has 0 heterocycles. The van der Waals surface area contributed by atoms with Crippen LogP contribution in [0, 0.1) is 5.92 Å². The van der Waals surface area contributed by atoms with Crippen molar-refractivity contribution in [2.24, 2.45) is 5.92 Å². The Morgan fingerprint density at radius 3 is 2.67 bits per heavy atom. The zero-order chi connectivity index (χ0) is 7.28. The zero-order valence-electron chi connectivity index (χ0n) is 5.76. The van der Waals surface area contributed by atoms with E-state index in [1.54, 1.807) is 0 Å². The minimum atomic E-state index is -0.552. The van der Waals surface area contributed by atoms with Gasteiger partial charge in [-0.2, -0.15) is 5.26 Å². The smallest absolute Gasteiger partial charge is 0.301 e. The zero-order valence-corrected chi connectivity index (χ0v) is 5.76. The molecule has 54 valence electrons. The van der Waals surface area contributed by atoms with Gasteiger partial charge in [0.2, 0.25) is 0 Å². The van der Waals surface area contributed by atoms with E-state index >= 15 is 0 Å². The van der Waals surface area contributed by atoms with Gasteiger partial charge in [-0.3, -0.25) is 0 Å². The highest BCUT2D eigenvalue weighted by Gasteiger charge is 2.06. The van der Waals surface area contributed by atoms with Gasteiger partial charge in [0, 0.05) is 0 Å². The first kappa shape index (κ1) is 8.43. The Labute approximate surface area is 54.6 Å². The highest BCUT2D eigenvalue weighted by molar-refractivity contribution is 5.68. The van der Waals surface area contributed by atoms with Crippen molar-refractivity contribution in [2.75, 3.05) is 0 Å². The lowest BCUT2D eigenvalue weighted by atomic mass is 10.1. The number of carbonyl (C=O) groups excluding carboxylic acids is 1. The third-order valence-electron chi connectivity index (χ3n) is 1.31. The van der Waals surface area contributed by atoms with Crippen molar-refractivity contribution in [3.05, 3.63) is 0 Å². The third kappa shape index (κ3) is 3.97. The highest BCUT2D eigenvalue weighted by Crippen LogP contribution is 2.05. The van der Waals surface area contributed by atoms with E-state index in [4.69, 9.17) is 5.26 Å². The Morgan fingerprint density at radius 2 is 2.33 bits per heavy atom. The van der Waals surface area contributed by atoms with Crippen LogP contribution < -0.4 is 0 Å². The molecule has 0 aromatic rings. The maximum absolute atomic E-state index is 10.3. The number of carbonyl (C=O) groups is 1. The Kier molecular flexibility index (Phi) is 4.05. The molecular weight excluding hydrogens is 120 g/mol. The summed E-state index contributed by atoms with van der Waals surface area (Å²) >= 11 is 0. The monoisotopic (exact) mass is 132 g/mol. The molecule has 1 atom stereocenters. The van der Waals surface area contributed by atoms with Gasteiger partial charge in [-0.1, -0.05) is 20.3 Å². The normalized spacial score (nSPS) is 12.8. The van der Waals surface area contributed by atoms with Gasteiger partial charge >= 0.3 is 5.97 Å². The van der Waals surface area contributed by atoms with E-state index in [1.165, 1.54) is 0 Å². The van der Waals surface area contributed by atoms with E-state index in [0.29, 0.717) is 12.3 Å². The Hall–Kier alpha value is -0.570. The fraction of sp³-hybridized carbons (Fsp3) is 0.833. The van der Waals surface area contributed by atoms with E-state index < -0.39 is 5.97 Å². The molecule has 0 saturated carbocycles. The predicted octanol–water partition coefficient (Wildman–Crippen LogP) is 1.44. The summed E-state index contributed by atoms with van der Waals surface area (Å²) in [6.45, 7) is 3.91. The Bertz CT molecular complexity index is 90.3. The summed E-state index contributed by atoms with van der Waals surface area (Å²) < 4.78 is 0. The molecule has 0 spiro atoms. The van der Waals surface area contributed by atoms with Crippen LogP contribution in [0.2, 0.25) is 0 Å². The topological polar surface area (TPSA) is 46.5 Å². The molecule has 0 amide bonds. The van der Waals surface area contributed by atoms with E-state index in [2.05, 4.69) is 4.89 Å². The van der Waals surface area contributed by atoms with Crippen LogP contribution in [0.5, 0.6) is 0 Å². The van der Waals surface area contributed by atoms with Gasteiger partial charge in [-0.05, 0) is 5.92 Å². The Morgan fingerprint density at radius 1 is 1.78 bits per heavy atom. The summed E-state index contributed by atoms with van der Waals surface area (Å²) in [5, 5.41) is 7.83. The van der Waals surface area contributed by atoms with Gasteiger partial charge in [-0.15, -0.1) is 0 Å². The molecule has 0 saturated heterocycles. The summed E-state index contributed by atoms with van der Waals surface area (Å²) in [6, 6.07) is 0. The fourth-order valence-corrected chi connectivity index (χ4v) is 0.466. The first-order valence-corrected chi connectivity index (χ1v) is 3.05. The SMILES string of the molecule is CC[C@H](C)CC(=O)OO. The summed E-state index contributed by atoms with van der Waals surface area (Å²) in [7, 11) is 0. The number of hydrogen-bond acceptors (Lipinski definition) is 3. The van der Waals surface area contributed by atoms with Crippen LogP contribution >= 0.6 is 0 Å². The average Bonchev–Trinajstić information content (AvgIpc) is 1.87. The molecule has 3 nitrogen and oxygen atoms in total. The molecule has 1 N–H and O–H groups in total. The van der Waals surface area contributed by atoms with E-state index in [9.17, 15) is 4.79 Å². The van der Waals surface area contributed by atoms with Crippen LogP contribution in [-0.2, 0) is 9.68 Å². The standard InChI is InChI=1S/C6H12O3/c1-3-5(2)4-6(7)9-8/h5,8H,3-4H2,1-2H3/t5-/m0/s1. The van der Waals surface area contributed by atoms with Crippen LogP contribution in [0.3, 0.4) is 0 Å². The van der Waals surface area contributed by atoms with Gasteiger partial charge in [0.25, 0.3) is 0 Å². The van der Waals surface area contributed by atoms with Gasteiger partial charge in [0.05, 0.1) is 6.42 Å². The van der Waals surface area contributed by atoms with Crippen molar-refractivity contribution in [1.82, 2.24) is 0 Å². The second-order valence-corrected chi connectivity index (χ2v) is 2.18. The summed E-state index contributed by atoms with van der Waals surface area (Å²) in [6.07, 6.45) is 1.22. The lowest BCUT2D eigenvalue weighted by Gasteiger charge is -2.02. The molecule has 0 aromatic heterocycles. The maximum Gasteiger partial charge on any atom is 0.342 e. The third-order valence-corrected chi connectivity index (χ3v) is 1.31. The van der Waals surface area contributed by atoms with Crippen LogP contribution in [0.4, 0.5) is 0 Å². The number of hydrogen-bond donors (Lipinski definition) is 1. The molecule has 0 aliphatic rings. The van der Waals surface area contributed by atoms with Crippen molar-refractivity contribution < 1.29 is 14.9 Å². The van der Waals surface area contributed by atoms with Gasteiger partial charge in [0.15, 0.2) is 0 Å². The van der Waals surface area contributed by atoms with Crippen molar-refractivity contribution >= 4 is 5.97 Å². The van der Waals surface area contributed by atoms with E-state index in [-0.39, 0.29) is 0 Å². The van der Waals surface area contributed by atoms with E-state index in [0.717, 1.165) is 6.42 Å². The number of rotatable bonds is 3. The highest BCUT2D eigenvalue weighted by atomic mass is 17.1. The van der Waals surface area contributed by atoms with Crippen LogP contribution in [0.15, 0.2) is 0 Å². The second kappa shape index (κ2) is 4.32. The molecule has 0 aromatic carbocycles. The lowest BCUT2D eigenvalue weighted by molar-refractivity contribution is -0.235. The second-order valence-electron chi connectivity index (χ2n) is 2.18. The van der Waals surface area contributed by atoms with Crippen molar-refractivity contribution in [3.8, 4) is 0 Å². The molecule has 0 radical (unpaired) electrons. The van der Waals surface area contributed by atoms with Crippen molar-refractivity contribution in [3.63, 3.8) is 0 Å². The Balaban J connectivity index is 3.34. The molecule has 3 heteroatoms. The minimum Gasteiger partial charge on any atom is -0.301 e. The van der Waals surface area contributed by atoms with Gasteiger partial charge in [-0.25, -0.2) is 4.79 Å². The maximum atomic E-state index is 10.3. The largest absolute Gasteiger partial charge is 0.342 e. The van der Waals surface area contributed by atoms with Crippen LogP contribution in [0.1, 0.15) is 26.7 Å². The van der Waals surface area contributed by atoms with Crippen molar-refractivity contribution in [2.45, 2.75) is 26.7 Å². The molecule has 9 heavy (non-hydrogen) atoms. The lowest BCUT2D eigenvalue weighted by Crippen LogP contribution is -2.06. The quantitative estimate of drug-likeness (QED) is 0.467. The molecule has 0 rings (SSSR count). The molecule has 0 aliphatic heterocycles. The molecule has 0 unspecified atom stereocenters. The van der Waals surface area contributed by atoms with Gasteiger partial charge in [0.1, 0.15) is 0 Å². The molecule has 0 fully saturated rings. The first-order chi connectivity index (χ1) is 4.20. The first-order valence-electron chi connectivity index (χ1n) is 3.05. The summed E-state index contributed by atoms with van der Waals surface area (Å²) in [4.78, 5) is 13.8. The van der Waals surface area contributed by atoms with Crippen LogP contribution in [0.25, 0.3) is 0 Å². The summed E-state index contributed by atoms with van der Waals surface area (Å²) in [5.41, 5.74) is 0. The molecule has 0 bridgehead atoms. The van der Waals surface area contributed by atoms with Crippen molar-refractivity contribution in [1.29, 1.82) is 0 Å². The summed E-state index contributed by atoms with van der Waals surface area (Å²) in [5.74, 6) is -0.256. The van der Waals surface area contributed by atoms with Gasteiger partial charge < -0.3 is 4.89 Å². The minimum absolute atomic E-state index is 0.296.